The highest BCUT2D eigenvalue weighted by Gasteiger charge is 2.11. The Bertz CT molecular complexity index is 315. The molecule has 5 heteroatoms. The average molecular weight is 252 g/mol. The number of hydrogen-bond acceptors (Lipinski definition) is 2. The summed E-state index contributed by atoms with van der Waals surface area (Å²) in [6.45, 7) is 4.51. The summed E-state index contributed by atoms with van der Waals surface area (Å²) in [7, 11) is 1.74. The molecule has 3 N–H and O–H groups in total. The Hall–Kier alpha value is -1.52. The van der Waals surface area contributed by atoms with Crippen molar-refractivity contribution in [2.75, 3.05) is 13.6 Å². The summed E-state index contributed by atoms with van der Waals surface area (Å²) < 4.78 is 0. The molecular weight excluding hydrogens is 228 g/mol. The lowest BCUT2D eigenvalue weighted by Gasteiger charge is -2.17. The van der Waals surface area contributed by atoms with Gasteiger partial charge in [-0.25, -0.2) is 0 Å². The Balaban J connectivity index is 2.17. The van der Waals surface area contributed by atoms with Gasteiger partial charge < -0.3 is 16.0 Å². The number of aliphatic imine (C=N–C) groups is 1. The first-order valence-electron chi connectivity index (χ1n) is 6.53. The lowest BCUT2D eigenvalue weighted by atomic mass is 10.2. The molecule has 1 rings (SSSR count). The van der Waals surface area contributed by atoms with Crippen LogP contribution in [0, 0.1) is 0 Å². The zero-order valence-electron chi connectivity index (χ0n) is 11.5. The molecule has 0 aromatic heterocycles. The number of carbonyl (C=O) groups excluding carboxylic acids is 1. The van der Waals surface area contributed by atoms with Gasteiger partial charge in [0.25, 0.3) is 0 Å². The topological polar surface area (TPSA) is 65.5 Å². The molecular formula is C13H24N4O. The molecule has 0 unspecified atom stereocenters. The van der Waals surface area contributed by atoms with E-state index in [-0.39, 0.29) is 11.9 Å². The highest BCUT2D eigenvalue weighted by molar-refractivity contribution is 5.81. The van der Waals surface area contributed by atoms with Crippen LogP contribution in [0.5, 0.6) is 0 Å². The van der Waals surface area contributed by atoms with E-state index in [1.54, 1.807) is 7.05 Å². The minimum Gasteiger partial charge on any atom is -0.356 e. The summed E-state index contributed by atoms with van der Waals surface area (Å²) in [4.78, 5) is 15.6. The Labute approximate surface area is 109 Å². The van der Waals surface area contributed by atoms with Gasteiger partial charge >= 0.3 is 0 Å². The minimum absolute atomic E-state index is 0.0653. The van der Waals surface area contributed by atoms with E-state index in [1.165, 1.54) is 0 Å². The van der Waals surface area contributed by atoms with Crippen molar-refractivity contribution in [2.45, 2.75) is 45.2 Å². The Morgan fingerprint density at radius 3 is 2.61 bits per heavy atom. The van der Waals surface area contributed by atoms with Crippen LogP contribution in [0.2, 0.25) is 0 Å². The van der Waals surface area contributed by atoms with Crippen LogP contribution in [0.25, 0.3) is 0 Å². The molecule has 0 radical (unpaired) electrons. The zero-order valence-corrected chi connectivity index (χ0v) is 11.5. The van der Waals surface area contributed by atoms with Gasteiger partial charge in [0.2, 0.25) is 5.91 Å². The molecule has 0 spiro atoms. The SMILES string of the molecule is CN=C(NCCC(=O)NC(C)C)NC1CC=CC1. The molecule has 1 aliphatic rings. The number of guanidine groups is 1. The number of hydrogen-bond donors (Lipinski definition) is 3. The molecule has 0 fully saturated rings. The number of amides is 1. The third kappa shape index (κ3) is 5.70. The highest BCUT2D eigenvalue weighted by Crippen LogP contribution is 2.08. The number of rotatable bonds is 5. The van der Waals surface area contributed by atoms with E-state index in [9.17, 15) is 4.79 Å². The summed E-state index contributed by atoms with van der Waals surface area (Å²) in [6, 6.07) is 0.625. The van der Waals surface area contributed by atoms with E-state index >= 15 is 0 Å². The van der Waals surface area contributed by atoms with Crippen molar-refractivity contribution in [1.29, 1.82) is 0 Å². The van der Waals surface area contributed by atoms with Crippen molar-refractivity contribution >= 4 is 11.9 Å². The quantitative estimate of drug-likeness (QED) is 0.385. The molecule has 0 bridgehead atoms. The average Bonchev–Trinajstić information content (AvgIpc) is 2.79. The highest BCUT2D eigenvalue weighted by atomic mass is 16.1. The summed E-state index contributed by atoms with van der Waals surface area (Å²) in [5.41, 5.74) is 0. The molecule has 5 nitrogen and oxygen atoms in total. The van der Waals surface area contributed by atoms with Crippen molar-refractivity contribution in [3.8, 4) is 0 Å². The van der Waals surface area contributed by atoms with E-state index in [1.807, 2.05) is 13.8 Å². The maximum absolute atomic E-state index is 11.4. The summed E-state index contributed by atoms with van der Waals surface area (Å²) >= 11 is 0. The van der Waals surface area contributed by atoms with E-state index in [2.05, 4.69) is 33.1 Å². The minimum atomic E-state index is 0.0653. The van der Waals surface area contributed by atoms with Gasteiger partial charge in [0.05, 0.1) is 0 Å². The first-order chi connectivity index (χ1) is 8.61. The molecule has 0 atom stereocenters. The first-order valence-corrected chi connectivity index (χ1v) is 6.53. The van der Waals surface area contributed by atoms with Crippen LogP contribution in [0.1, 0.15) is 33.1 Å². The van der Waals surface area contributed by atoms with E-state index in [0.717, 1.165) is 18.8 Å². The second-order valence-corrected chi connectivity index (χ2v) is 4.76. The second kappa shape index (κ2) is 7.74. The second-order valence-electron chi connectivity index (χ2n) is 4.76. The van der Waals surface area contributed by atoms with E-state index in [0.29, 0.717) is 19.0 Å². The third-order valence-corrected chi connectivity index (χ3v) is 2.67. The van der Waals surface area contributed by atoms with Gasteiger partial charge in [-0.05, 0) is 26.7 Å². The summed E-state index contributed by atoms with van der Waals surface area (Å²) in [5.74, 6) is 0.830. The number of nitrogens with zero attached hydrogens (tertiary/aromatic N) is 1. The summed E-state index contributed by atoms with van der Waals surface area (Å²) in [6.07, 6.45) is 6.87. The van der Waals surface area contributed by atoms with E-state index < -0.39 is 0 Å². The van der Waals surface area contributed by atoms with Crippen LogP contribution < -0.4 is 16.0 Å². The smallest absolute Gasteiger partial charge is 0.221 e. The fraction of sp³-hybridized carbons (Fsp3) is 0.692. The van der Waals surface area contributed by atoms with Crippen molar-refractivity contribution in [1.82, 2.24) is 16.0 Å². The van der Waals surface area contributed by atoms with Crippen molar-refractivity contribution in [2.24, 2.45) is 4.99 Å². The molecule has 0 saturated carbocycles. The number of nitrogens with one attached hydrogen (secondary N) is 3. The molecule has 0 aromatic rings. The van der Waals surface area contributed by atoms with Crippen LogP contribution in [0.15, 0.2) is 17.1 Å². The normalized spacial score (nSPS) is 16.1. The lowest BCUT2D eigenvalue weighted by Crippen LogP contribution is -2.43. The van der Waals surface area contributed by atoms with Crippen molar-refractivity contribution < 1.29 is 4.79 Å². The maximum Gasteiger partial charge on any atom is 0.221 e. The van der Waals surface area contributed by atoms with Crippen LogP contribution in [-0.4, -0.2) is 37.5 Å². The number of carbonyl (C=O) groups is 1. The molecule has 0 aromatic carbocycles. The van der Waals surface area contributed by atoms with Gasteiger partial charge in [0.15, 0.2) is 5.96 Å². The molecule has 102 valence electrons. The van der Waals surface area contributed by atoms with Gasteiger partial charge in [0.1, 0.15) is 0 Å². The van der Waals surface area contributed by atoms with Gasteiger partial charge in [-0.15, -0.1) is 0 Å². The predicted octanol–water partition coefficient (Wildman–Crippen LogP) is 0.785. The first kappa shape index (κ1) is 14.5. The Morgan fingerprint density at radius 1 is 1.39 bits per heavy atom. The zero-order chi connectivity index (χ0) is 13.4. The fourth-order valence-electron chi connectivity index (χ4n) is 1.81. The maximum atomic E-state index is 11.4. The van der Waals surface area contributed by atoms with Crippen LogP contribution >= 0.6 is 0 Å². The molecule has 0 aliphatic heterocycles. The van der Waals surface area contributed by atoms with Crippen LogP contribution in [-0.2, 0) is 4.79 Å². The van der Waals surface area contributed by atoms with Gasteiger partial charge in [-0.2, -0.15) is 0 Å². The van der Waals surface area contributed by atoms with Gasteiger partial charge in [0, 0.05) is 32.1 Å². The van der Waals surface area contributed by atoms with Crippen LogP contribution in [0.4, 0.5) is 0 Å². The summed E-state index contributed by atoms with van der Waals surface area (Å²) in [5, 5.41) is 9.33. The lowest BCUT2D eigenvalue weighted by molar-refractivity contribution is -0.121. The standard InChI is InChI=1S/C13H24N4O/c1-10(2)16-12(18)8-9-15-13(14-3)17-11-6-4-5-7-11/h4-5,10-11H,6-9H2,1-3H3,(H,16,18)(H2,14,15,17). The van der Waals surface area contributed by atoms with Gasteiger partial charge in [-0.1, -0.05) is 12.2 Å². The van der Waals surface area contributed by atoms with E-state index in [4.69, 9.17) is 0 Å². The molecule has 0 heterocycles. The predicted molar refractivity (Wildman–Crippen MR) is 74.6 cm³/mol. The van der Waals surface area contributed by atoms with Crippen molar-refractivity contribution in [3.05, 3.63) is 12.2 Å². The molecule has 0 saturated heterocycles. The molecule has 1 amide bonds. The largest absolute Gasteiger partial charge is 0.356 e. The fourth-order valence-corrected chi connectivity index (χ4v) is 1.81. The van der Waals surface area contributed by atoms with Crippen molar-refractivity contribution in [3.63, 3.8) is 0 Å². The van der Waals surface area contributed by atoms with Gasteiger partial charge in [-0.3, -0.25) is 9.79 Å². The molecule has 18 heavy (non-hydrogen) atoms. The molecule has 1 aliphatic carbocycles. The Kier molecular flexibility index (Phi) is 6.25. The Morgan fingerprint density at radius 2 is 2.06 bits per heavy atom. The third-order valence-electron chi connectivity index (χ3n) is 2.67. The monoisotopic (exact) mass is 252 g/mol. The van der Waals surface area contributed by atoms with Crippen LogP contribution in [0.3, 0.4) is 0 Å².